The maximum absolute atomic E-state index is 5.93. The van der Waals surface area contributed by atoms with Crippen LogP contribution in [-0.4, -0.2) is 8.32 Å². The Labute approximate surface area is 89.4 Å². The summed E-state index contributed by atoms with van der Waals surface area (Å²) in [4.78, 5) is 0. The van der Waals surface area contributed by atoms with Gasteiger partial charge in [-0.05, 0) is 25.7 Å². The molecular formula is C10H15BrOSi. The molecule has 1 aromatic rings. The fourth-order valence-electron chi connectivity index (χ4n) is 1.04. The van der Waals surface area contributed by atoms with E-state index >= 15 is 0 Å². The Morgan fingerprint density at radius 2 is 1.85 bits per heavy atom. The van der Waals surface area contributed by atoms with E-state index < -0.39 is 8.32 Å². The van der Waals surface area contributed by atoms with Crippen LogP contribution in [0.5, 0.6) is 5.75 Å². The van der Waals surface area contributed by atoms with Gasteiger partial charge in [0.15, 0.2) is 0 Å². The molecule has 0 aliphatic heterocycles. The second-order valence-electron chi connectivity index (χ2n) is 3.96. The van der Waals surface area contributed by atoms with Gasteiger partial charge in [-0.3, -0.25) is 0 Å². The first kappa shape index (κ1) is 10.8. The molecule has 72 valence electrons. The molecule has 0 heterocycles. The van der Waals surface area contributed by atoms with Crippen LogP contribution >= 0.6 is 15.9 Å². The topological polar surface area (TPSA) is 9.23 Å². The van der Waals surface area contributed by atoms with Gasteiger partial charge < -0.3 is 4.43 Å². The lowest BCUT2D eigenvalue weighted by atomic mass is 10.2. The van der Waals surface area contributed by atoms with Gasteiger partial charge in [0, 0.05) is 10.9 Å². The van der Waals surface area contributed by atoms with Gasteiger partial charge in [-0.15, -0.1) is 0 Å². The molecule has 0 saturated carbocycles. The second kappa shape index (κ2) is 4.29. The summed E-state index contributed by atoms with van der Waals surface area (Å²) in [7, 11) is -1.47. The molecule has 0 aromatic heterocycles. The number of alkyl halides is 1. The summed E-state index contributed by atoms with van der Waals surface area (Å²) in [5, 5.41) is 0.855. The van der Waals surface area contributed by atoms with Gasteiger partial charge in [0.1, 0.15) is 5.75 Å². The van der Waals surface area contributed by atoms with Crippen molar-refractivity contribution in [2.45, 2.75) is 25.0 Å². The SMILES string of the molecule is C[Si](C)(C)Oc1ccccc1CBr. The van der Waals surface area contributed by atoms with Crippen molar-refractivity contribution in [3.05, 3.63) is 29.8 Å². The monoisotopic (exact) mass is 258 g/mol. The number of hydrogen-bond acceptors (Lipinski definition) is 1. The molecule has 0 fully saturated rings. The van der Waals surface area contributed by atoms with E-state index in [1.165, 1.54) is 5.56 Å². The maximum atomic E-state index is 5.93. The fraction of sp³-hybridized carbons (Fsp3) is 0.400. The standard InChI is InChI=1S/C10H15BrOSi/c1-13(2,3)12-10-7-5-4-6-9(10)8-11/h4-7H,8H2,1-3H3. The predicted molar refractivity (Wildman–Crippen MR) is 63.0 cm³/mol. The average Bonchev–Trinajstić information content (AvgIpc) is 2.02. The molecule has 0 N–H and O–H groups in total. The molecule has 1 rings (SSSR count). The molecule has 0 aliphatic carbocycles. The van der Waals surface area contributed by atoms with Crippen LogP contribution in [-0.2, 0) is 5.33 Å². The van der Waals surface area contributed by atoms with Crippen LogP contribution in [0, 0.1) is 0 Å². The lowest BCUT2D eigenvalue weighted by molar-refractivity contribution is 0.552. The molecule has 0 bridgehead atoms. The average molecular weight is 259 g/mol. The van der Waals surface area contributed by atoms with E-state index in [0.717, 1.165) is 11.1 Å². The largest absolute Gasteiger partial charge is 0.544 e. The van der Waals surface area contributed by atoms with E-state index in [4.69, 9.17) is 4.43 Å². The van der Waals surface area contributed by atoms with Crippen molar-refractivity contribution in [2.75, 3.05) is 0 Å². The van der Waals surface area contributed by atoms with Gasteiger partial charge >= 0.3 is 0 Å². The zero-order chi connectivity index (χ0) is 9.90. The van der Waals surface area contributed by atoms with E-state index in [-0.39, 0.29) is 0 Å². The number of para-hydroxylation sites is 1. The summed E-state index contributed by atoms with van der Waals surface area (Å²) in [5.41, 5.74) is 1.23. The van der Waals surface area contributed by atoms with Crippen LogP contribution < -0.4 is 4.43 Å². The highest BCUT2D eigenvalue weighted by molar-refractivity contribution is 9.08. The van der Waals surface area contributed by atoms with Gasteiger partial charge in [-0.1, -0.05) is 34.1 Å². The van der Waals surface area contributed by atoms with Crippen molar-refractivity contribution in [3.63, 3.8) is 0 Å². The number of benzene rings is 1. The van der Waals surface area contributed by atoms with Crippen molar-refractivity contribution < 1.29 is 4.43 Å². The van der Waals surface area contributed by atoms with E-state index in [1.807, 2.05) is 18.2 Å². The highest BCUT2D eigenvalue weighted by Gasteiger charge is 2.17. The Morgan fingerprint density at radius 3 is 2.38 bits per heavy atom. The molecule has 0 saturated heterocycles. The third-order valence-corrected chi connectivity index (χ3v) is 2.97. The Balaban J connectivity index is 2.87. The molecule has 3 heteroatoms. The van der Waals surface area contributed by atoms with Crippen LogP contribution in [0.3, 0.4) is 0 Å². The van der Waals surface area contributed by atoms with E-state index in [2.05, 4.69) is 41.6 Å². The van der Waals surface area contributed by atoms with Crippen molar-refractivity contribution in [3.8, 4) is 5.75 Å². The molecule has 1 nitrogen and oxygen atoms in total. The van der Waals surface area contributed by atoms with Gasteiger partial charge in [0.2, 0.25) is 8.32 Å². The molecule has 1 aromatic carbocycles. The first-order valence-electron chi connectivity index (χ1n) is 4.36. The van der Waals surface area contributed by atoms with Crippen LogP contribution in [0.1, 0.15) is 5.56 Å². The Hall–Kier alpha value is -0.283. The number of hydrogen-bond donors (Lipinski definition) is 0. The molecule has 0 aliphatic rings. The lowest BCUT2D eigenvalue weighted by Gasteiger charge is -2.20. The minimum absolute atomic E-state index is 0.855. The Morgan fingerprint density at radius 1 is 1.23 bits per heavy atom. The van der Waals surface area contributed by atoms with Crippen molar-refractivity contribution in [1.82, 2.24) is 0 Å². The molecular weight excluding hydrogens is 244 g/mol. The zero-order valence-electron chi connectivity index (χ0n) is 8.30. The van der Waals surface area contributed by atoms with Crippen LogP contribution in [0.25, 0.3) is 0 Å². The van der Waals surface area contributed by atoms with Crippen molar-refractivity contribution in [1.29, 1.82) is 0 Å². The summed E-state index contributed by atoms with van der Waals surface area (Å²) < 4.78 is 5.93. The summed E-state index contributed by atoms with van der Waals surface area (Å²) >= 11 is 3.45. The molecule has 0 unspecified atom stereocenters. The summed E-state index contributed by atoms with van der Waals surface area (Å²) in [6.45, 7) is 6.58. The highest BCUT2D eigenvalue weighted by Crippen LogP contribution is 2.23. The minimum Gasteiger partial charge on any atom is -0.544 e. The smallest absolute Gasteiger partial charge is 0.242 e. The molecule has 0 atom stereocenters. The molecule has 0 radical (unpaired) electrons. The third-order valence-electron chi connectivity index (χ3n) is 1.53. The van der Waals surface area contributed by atoms with E-state index in [1.54, 1.807) is 0 Å². The minimum atomic E-state index is -1.47. The summed E-state index contributed by atoms with van der Waals surface area (Å²) in [5.74, 6) is 1.03. The zero-order valence-corrected chi connectivity index (χ0v) is 10.9. The highest BCUT2D eigenvalue weighted by atomic mass is 79.9. The predicted octanol–water partition coefficient (Wildman–Crippen LogP) is 3.80. The number of rotatable bonds is 3. The molecule has 0 amide bonds. The maximum Gasteiger partial charge on any atom is 0.242 e. The van der Waals surface area contributed by atoms with Gasteiger partial charge in [0.05, 0.1) is 0 Å². The molecule has 0 spiro atoms. The van der Waals surface area contributed by atoms with Crippen LogP contribution in [0.15, 0.2) is 24.3 Å². The second-order valence-corrected chi connectivity index (χ2v) is 8.95. The van der Waals surface area contributed by atoms with E-state index in [9.17, 15) is 0 Å². The van der Waals surface area contributed by atoms with Crippen molar-refractivity contribution in [2.24, 2.45) is 0 Å². The quantitative estimate of drug-likeness (QED) is 0.592. The summed E-state index contributed by atoms with van der Waals surface area (Å²) in [6, 6.07) is 8.17. The van der Waals surface area contributed by atoms with E-state index in [0.29, 0.717) is 0 Å². The first-order valence-corrected chi connectivity index (χ1v) is 8.89. The Bertz CT molecular complexity index is 280. The van der Waals surface area contributed by atoms with Crippen LogP contribution in [0.2, 0.25) is 19.6 Å². The van der Waals surface area contributed by atoms with Gasteiger partial charge in [-0.25, -0.2) is 0 Å². The third kappa shape index (κ3) is 3.52. The fourth-order valence-corrected chi connectivity index (χ4v) is 2.37. The van der Waals surface area contributed by atoms with Gasteiger partial charge in [-0.2, -0.15) is 0 Å². The molecule has 13 heavy (non-hydrogen) atoms. The number of halogens is 1. The first-order chi connectivity index (χ1) is 6.03. The van der Waals surface area contributed by atoms with Crippen molar-refractivity contribution >= 4 is 24.2 Å². The lowest BCUT2D eigenvalue weighted by Crippen LogP contribution is -2.29. The summed E-state index contributed by atoms with van der Waals surface area (Å²) in [6.07, 6.45) is 0. The van der Waals surface area contributed by atoms with Gasteiger partial charge in [0.25, 0.3) is 0 Å². The normalized spacial score (nSPS) is 11.4. The Kier molecular flexibility index (Phi) is 3.56. The van der Waals surface area contributed by atoms with Crippen LogP contribution in [0.4, 0.5) is 0 Å².